The molecule has 0 aliphatic carbocycles. The molecule has 0 amide bonds. The zero-order chi connectivity index (χ0) is 11.6. The van der Waals surface area contributed by atoms with Gasteiger partial charge in [0.25, 0.3) is 6.43 Å². The minimum Gasteiger partial charge on any atom is -0.319 e. The smallest absolute Gasteiger partial charge is 0.319 e. The van der Waals surface area contributed by atoms with Crippen molar-refractivity contribution in [1.82, 2.24) is 0 Å². The van der Waals surface area contributed by atoms with E-state index in [0.717, 1.165) is 24.3 Å². The highest BCUT2D eigenvalue weighted by Gasteiger charge is 2.30. The van der Waals surface area contributed by atoms with Gasteiger partial charge in [-0.15, -0.1) is 12.4 Å². The van der Waals surface area contributed by atoms with Gasteiger partial charge in [-0.05, 0) is 17.7 Å². The van der Waals surface area contributed by atoms with Crippen molar-refractivity contribution in [3.05, 3.63) is 35.4 Å². The summed E-state index contributed by atoms with van der Waals surface area (Å²) in [5, 5.41) is 0. The van der Waals surface area contributed by atoms with E-state index in [2.05, 4.69) is 0 Å². The molecule has 2 N–H and O–H groups in total. The fraction of sp³-hybridized carbons (Fsp3) is 0.333. The second-order valence-electron chi connectivity index (χ2n) is 2.98. The van der Waals surface area contributed by atoms with Gasteiger partial charge in [0.2, 0.25) is 0 Å². The molecule has 0 saturated heterocycles. The predicted octanol–water partition coefficient (Wildman–Crippen LogP) is 3.39. The van der Waals surface area contributed by atoms with Gasteiger partial charge < -0.3 is 5.73 Å². The number of alkyl halides is 5. The van der Waals surface area contributed by atoms with E-state index in [4.69, 9.17) is 5.73 Å². The van der Waals surface area contributed by atoms with Gasteiger partial charge in [-0.25, -0.2) is 8.78 Å². The van der Waals surface area contributed by atoms with Gasteiger partial charge in [0, 0.05) is 0 Å². The fourth-order valence-electron chi connectivity index (χ4n) is 1.04. The Morgan fingerprint density at radius 3 is 1.75 bits per heavy atom. The Bertz CT molecular complexity index is 322. The van der Waals surface area contributed by atoms with E-state index in [0.29, 0.717) is 0 Å². The maximum absolute atomic E-state index is 12.1. The molecule has 0 aromatic heterocycles. The molecule has 0 aliphatic rings. The summed E-state index contributed by atoms with van der Waals surface area (Å²) < 4.78 is 60.5. The second kappa shape index (κ2) is 5.45. The van der Waals surface area contributed by atoms with Crippen molar-refractivity contribution < 1.29 is 22.0 Å². The highest BCUT2D eigenvalue weighted by atomic mass is 35.5. The van der Waals surface area contributed by atoms with Crippen LogP contribution >= 0.6 is 12.4 Å². The predicted molar refractivity (Wildman–Crippen MR) is 51.6 cm³/mol. The average molecular weight is 262 g/mol. The number of hydrogen-bond acceptors (Lipinski definition) is 1. The van der Waals surface area contributed by atoms with E-state index in [1.54, 1.807) is 0 Å². The van der Waals surface area contributed by atoms with Crippen molar-refractivity contribution in [2.24, 2.45) is 5.73 Å². The summed E-state index contributed by atoms with van der Waals surface area (Å²) in [5.41, 5.74) is 4.17. The lowest BCUT2D eigenvalue weighted by atomic mass is 10.1. The number of nitrogens with two attached hydrogens (primary N) is 1. The molecule has 1 nitrogen and oxygen atoms in total. The monoisotopic (exact) mass is 261 g/mol. The van der Waals surface area contributed by atoms with Crippen LogP contribution in [0.4, 0.5) is 22.0 Å². The topological polar surface area (TPSA) is 26.0 Å². The Kier molecular flexibility index (Phi) is 5.15. The summed E-state index contributed by atoms with van der Waals surface area (Å²) in [7, 11) is 0. The first-order valence-electron chi connectivity index (χ1n) is 4.03. The van der Waals surface area contributed by atoms with Crippen LogP contribution < -0.4 is 5.73 Å². The first-order valence-corrected chi connectivity index (χ1v) is 4.03. The zero-order valence-electron chi connectivity index (χ0n) is 7.84. The lowest BCUT2D eigenvalue weighted by molar-refractivity contribution is -0.137. The largest absolute Gasteiger partial charge is 0.416 e. The van der Waals surface area contributed by atoms with Crippen molar-refractivity contribution in [3.63, 3.8) is 0 Å². The van der Waals surface area contributed by atoms with E-state index < -0.39 is 24.2 Å². The second-order valence-corrected chi connectivity index (χ2v) is 2.98. The summed E-state index contributed by atoms with van der Waals surface area (Å²) in [6.45, 7) is 0. The highest BCUT2D eigenvalue weighted by molar-refractivity contribution is 5.85. The van der Waals surface area contributed by atoms with Crippen LogP contribution in [0.25, 0.3) is 0 Å². The Labute approximate surface area is 94.8 Å². The zero-order valence-corrected chi connectivity index (χ0v) is 8.66. The normalized spacial score (nSPS) is 13.4. The molecule has 92 valence electrons. The van der Waals surface area contributed by atoms with Crippen LogP contribution in [0.15, 0.2) is 24.3 Å². The van der Waals surface area contributed by atoms with Gasteiger partial charge >= 0.3 is 6.18 Å². The third-order valence-corrected chi connectivity index (χ3v) is 1.89. The van der Waals surface area contributed by atoms with E-state index in [9.17, 15) is 22.0 Å². The quantitative estimate of drug-likeness (QED) is 0.812. The molecule has 16 heavy (non-hydrogen) atoms. The minimum absolute atomic E-state index is 0. The van der Waals surface area contributed by atoms with Crippen molar-refractivity contribution in [2.75, 3.05) is 0 Å². The van der Waals surface area contributed by atoms with Crippen LogP contribution in [-0.4, -0.2) is 6.43 Å². The van der Waals surface area contributed by atoms with Crippen molar-refractivity contribution in [1.29, 1.82) is 0 Å². The summed E-state index contributed by atoms with van der Waals surface area (Å²) in [6, 6.07) is 1.83. The Morgan fingerprint density at radius 2 is 1.44 bits per heavy atom. The summed E-state index contributed by atoms with van der Waals surface area (Å²) in [5.74, 6) is 0. The van der Waals surface area contributed by atoms with Crippen LogP contribution in [0.2, 0.25) is 0 Å². The summed E-state index contributed by atoms with van der Waals surface area (Å²) in [4.78, 5) is 0. The number of hydrogen-bond donors (Lipinski definition) is 1. The van der Waals surface area contributed by atoms with Crippen LogP contribution in [-0.2, 0) is 6.18 Å². The molecule has 0 unspecified atom stereocenters. The first-order chi connectivity index (χ1) is 6.82. The minimum atomic E-state index is -4.46. The Hall–Kier alpha value is -0.880. The third kappa shape index (κ3) is 3.61. The summed E-state index contributed by atoms with van der Waals surface area (Å²) in [6.07, 6.45) is -7.25. The van der Waals surface area contributed by atoms with E-state index in [1.165, 1.54) is 0 Å². The van der Waals surface area contributed by atoms with E-state index >= 15 is 0 Å². The molecule has 1 rings (SSSR count). The molecule has 0 saturated carbocycles. The van der Waals surface area contributed by atoms with Crippen molar-refractivity contribution >= 4 is 12.4 Å². The van der Waals surface area contributed by atoms with E-state index in [-0.39, 0.29) is 18.0 Å². The Balaban J connectivity index is 0.00000225. The summed E-state index contributed by atoms with van der Waals surface area (Å²) >= 11 is 0. The lowest BCUT2D eigenvalue weighted by Gasteiger charge is -2.12. The SMILES string of the molecule is Cl.N[C@@H](c1ccc(C(F)(F)F)cc1)C(F)F. The Morgan fingerprint density at radius 1 is 1.00 bits per heavy atom. The molecule has 7 heteroatoms. The molecule has 0 bridgehead atoms. The molecular weight excluding hydrogens is 253 g/mol. The van der Waals surface area contributed by atoms with Crippen LogP contribution in [0.5, 0.6) is 0 Å². The fourth-order valence-corrected chi connectivity index (χ4v) is 1.04. The molecule has 0 fully saturated rings. The highest BCUT2D eigenvalue weighted by Crippen LogP contribution is 2.30. The van der Waals surface area contributed by atoms with Gasteiger partial charge in [-0.3, -0.25) is 0 Å². The van der Waals surface area contributed by atoms with Crippen LogP contribution in [0.1, 0.15) is 17.2 Å². The molecule has 1 aromatic carbocycles. The third-order valence-electron chi connectivity index (χ3n) is 1.89. The lowest BCUT2D eigenvalue weighted by Crippen LogP contribution is -2.19. The van der Waals surface area contributed by atoms with Gasteiger partial charge in [-0.1, -0.05) is 12.1 Å². The molecule has 1 aromatic rings. The van der Waals surface area contributed by atoms with Gasteiger partial charge in [0.1, 0.15) is 0 Å². The van der Waals surface area contributed by atoms with Crippen molar-refractivity contribution in [2.45, 2.75) is 18.6 Å². The molecule has 0 spiro atoms. The molecule has 0 aliphatic heterocycles. The number of rotatable bonds is 2. The number of benzene rings is 1. The first kappa shape index (κ1) is 15.1. The molecule has 1 atom stereocenters. The van der Waals surface area contributed by atoms with Crippen LogP contribution in [0, 0.1) is 0 Å². The molecular formula is C9H9ClF5N. The maximum Gasteiger partial charge on any atom is 0.416 e. The van der Waals surface area contributed by atoms with Gasteiger partial charge in [0.15, 0.2) is 0 Å². The van der Waals surface area contributed by atoms with Crippen molar-refractivity contribution in [3.8, 4) is 0 Å². The maximum atomic E-state index is 12.1. The van der Waals surface area contributed by atoms with Gasteiger partial charge in [0.05, 0.1) is 11.6 Å². The standard InChI is InChI=1S/C9H8F5N.ClH/c10-8(11)7(15)5-1-3-6(4-2-5)9(12,13)14;/h1-4,7-8H,15H2;1H/t7-;/m0./s1. The molecule has 0 radical (unpaired) electrons. The average Bonchev–Trinajstić information content (AvgIpc) is 2.15. The van der Waals surface area contributed by atoms with Gasteiger partial charge in [-0.2, -0.15) is 13.2 Å². The van der Waals surface area contributed by atoms with E-state index in [1.807, 2.05) is 0 Å². The molecule has 0 heterocycles. The van der Waals surface area contributed by atoms with Crippen LogP contribution in [0.3, 0.4) is 0 Å². The number of halogens is 6.